The monoisotopic (exact) mass is 335 g/mol. The number of thioether (sulfide) groups is 1. The molecule has 2 aromatic carbocycles. The van der Waals surface area contributed by atoms with Crippen molar-refractivity contribution in [3.63, 3.8) is 0 Å². The van der Waals surface area contributed by atoms with Crippen LogP contribution in [-0.2, 0) is 4.79 Å². The lowest BCUT2D eigenvalue weighted by Crippen LogP contribution is -2.07. The average Bonchev–Trinajstić information content (AvgIpc) is 2.87. The molecular formula is C15H10ClNO2S2. The number of thiazole rings is 1. The van der Waals surface area contributed by atoms with Crippen LogP contribution in [0.5, 0.6) is 5.75 Å². The summed E-state index contributed by atoms with van der Waals surface area (Å²) in [6.07, 6.45) is 0. The highest BCUT2D eigenvalue weighted by atomic mass is 35.5. The zero-order chi connectivity index (χ0) is 14.7. The maximum atomic E-state index is 11.9. The van der Waals surface area contributed by atoms with E-state index in [2.05, 4.69) is 4.98 Å². The highest BCUT2D eigenvalue weighted by molar-refractivity contribution is 8.15. The molecule has 0 N–H and O–H groups in total. The predicted octanol–water partition coefficient (Wildman–Crippen LogP) is 4.65. The molecule has 0 spiro atoms. The number of carbonyl (C=O) groups excluding carboxylic acids is 1. The van der Waals surface area contributed by atoms with E-state index in [0.717, 1.165) is 26.3 Å². The number of para-hydroxylation sites is 1. The van der Waals surface area contributed by atoms with Gasteiger partial charge in [-0.05, 0) is 42.1 Å². The minimum Gasteiger partial charge on any atom is -0.485 e. The van der Waals surface area contributed by atoms with Gasteiger partial charge in [0.05, 0.1) is 10.2 Å². The number of hydrogen-bond donors (Lipinski definition) is 0. The third-order valence-electron chi connectivity index (χ3n) is 2.63. The second-order valence-electron chi connectivity index (χ2n) is 4.17. The van der Waals surface area contributed by atoms with Gasteiger partial charge in [-0.1, -0.05) is 29.8 Å². The first-order chi connectivity index (χ1) is 10.2. The van der Waals surface area contributed by atoms with Crippen molar-refractivity contribution in [2.24, 2.45) is 0 Å². The molecule has 6 heteroatoms. The molecule has 0 amide bonds. The molecule has 0 bridgehead atoms. The van der Waals surface area contributed by atoms with E-state index in [1.807, 2.05) is 24.3 Å². The summed E-state index contributed by atoms with van der Waals surface area (Å²) in [5, 5.41) is 0.493. The van der Waals surface area contributed by atoms with Gasteiger partial charge in [-0.15, -0.1) is 11.3 Å². The van der Waals surface area contributed by atoms with Crippen LogP contribution in [0, 0.1) is 0 Å². The summed E-state index contributed by atoms with van der Waals surface area (Å²) in [5.41, 5.74) is 0.911. The van der Waals surface area contributed by atoms with E-state index in [-0.39, 0.29) is 11.7 Å². The molecule has 3 rings (SSSR count). The lowest BCUT2D eigenvalue weighted by molar-refractivity contribution is -0.112. The van der Waals surface area contributed by atoms with Crippen LogP contribution in [0.15, 0.2) is 52.9 Å². The number of halogens is 1. The Labute approximate surface area is 134 Å². The number of fused-ring (bicyclic) bond motifs is 1. The molecule has 0 aliphatic heterocycles. The lowest BCUT2D eigenvalue weighted by atomic mass is 10.3. The molecule has 106 valence electrons. The Bertz CT molecular complexity index is 755. The molecular weight excluding hydrogens is 326 g/mol. The minimum absolute atomic E-state index is 0.0130. The Morgan fingerprint density at radius 3 is 2.90 bits per heavy atom. The zero-order valence-corrected chi connectivity index (χ0v) is 13.2. The maximum Gasteiger partial charge on any atom is 0.233 e. The first-order valence-corrected chi connectivity index (χ1v) is 8.16. The summed E-state index contributed by atoms with van der Waals surface area (Å²) in [4.78, 5) is 16.3. The van der Waals surface area contributed by atoms with Gasteiger partial charge >= 0.3 is 0 Å². The molecule has 1 heterocycles. The average molecular weight is 336 g/mol. The van der Waals surface area contributed by atoms with Gasteiger partial charge in [0, 0.05) is 5.02 Å². The summed E-state index contributed by atoms with van der Waals surface area (Å²) in [6, 6.07) is 14.8. The van der Waals surface area contributed by atoms with Crippen LogP contribution in [0.3, 0.4) is 0 Å². The number of hydrogen-bond acceptors (Lipinski definition) is 5. The van der Waals surface area contributed by atoms with Gasteiger partial charge in [0.25, 0.3) is 0 Å². The van der Waals surface area contributed by atoms with Gasteiger partial charge in [0.2, 0.25) is 5.12 Å². The molecule has 0 fully saturated rings. The van der Waals surface area contributed by atoms with Crippen LogP contribution >= 0.6 is 34.7 Å². The molecule has 0 radical (unpaired) electrons. The lowest BCUT2D eigenvalue weighted by Gasteiger charge is -2.04. The van der Waals surface area contributed by atoms with E-state index >= 15 is 0 Å². The zero-order valence-electron chi connectivity index (χ0n) is 10.8. The fourth-order valence-corrected chi connectivity index (χ4v) is 3.77. The van der Waals surface area contributed by atoms with E-state index in [9.17, 15) is 4.79 Å². The quantitative estimate of drug-likeness (QED) is 0.651. The van der Waals surface area contributed by atoms with Crippen molar-refractivity contribution in [3.05, 3.63) is 53.6 Å². The number of rotatable bonds is 4. The summed E-state index contributed by atoms with van der Waals surface area (Å²) in [7, 11) is 0. The first kappa shape index (κ1) is 14.4. The van der Waals surface area contributed by atoms with Crippen molar-refractivity contribution < 1.29 is 9.53 Å². The maximum absolute atomic E-state index is 11.9. The smallest absolute Gasteiger partial charge is 0.233 e. The summed E-state index contributed by atoms with van der Waals surface area (Å²) in [5.74, 6) is 0.584. The van der Waals surface area contributed by atoms with E-state index < -0.39 is 0 Å². The van der Waals surface area contributed by atoms with Crippen LogP contribution in [0.2, 0.25) is 5.02 Å². The second kappa shape index (κ2) is 6.47. The number of aromatic nitrogens is 1. The summed E-state index contributed by atoms with van der Waals surface area (Å²) >= 11 is 8.46. The van der Waals surface area contributed by atoms with E-state index in [1.54, 1.807) is 24.3 Å². The SMILES string of the molecule is O=C(COc1cccc(Cl)c1)Sc1nc2ccccc2s1. The standard InChI is InChI=1S/C15H10ClNO2S2/c16-10-4-3-5-11(8-10)19-9-14(18)21-15-17-12-6-1-2-7-13(12)20-15/h1-8H,9H2. The highest BCUT2D eigenvalue weighted by Crippen LogP contribution is 2.29. The predicted molar refractivity (Wildman–Crippen MR) is 87.4 cm³/mol. The van der Waals surface area contributed by atoms with Crippen LogP contribution in [-0.4, -0.2) is 16.7 Å². The minimum atomic E-state index is -0.0889. The van der Waals surface area contributed by atoms with Crippen molar-refractivity contribution in [2.45, 2.75) is 4.34 Å². The van der Waals surface area contributed by atoms with Gasteiger partial charge in [0.1, 0.15) is 5.75 Å². The van der Waals surface area contributed by atoms with Crippen LogP contribution < -0.4 is 4.74 Å². The van der Waals surface area contributed by atoms with Gasteiger partial charge in [0.15, 0.2) is 10.9 Å². The van der Waals surface area contributed by atoms with E-state index in [1.165, 1.54) is 11.3 Å². The summed E-state index contributed by atoms with van der Waals surface area (Å²) < 4.78 is 7.22. The Balaban J connectivity index is 1.61. The molecule has 1 aromatic heterocycles. The molecule has 3 aromatic rings. The highest BCUT2D eigenvalue weighted by Gasteiger charge is 2.10. The second-order valence-corrected chi connectivity index (χ2v) is 6.94. The number of ether oxygens (including phenoxy) is 1. The molecule has 0 saturated heterocycles. The van der Waals surface area contributed by atoms with Crippen molar-refractivity contribution in [1.29, 1.82) is 0 Å². The van der Waals surface area contributed by atoms with Crippen molar-refractivity contribution in [1.82, 2.24) is 4.98 Å². The fraction of sp³-hybridized carbons (Fsp3) is 0.0667. The Kier molecular flexibility index (Phi) is 4.43. The third kappa shape index (κ3) is 3.75. The molecule has 0 unspecified atom stereocenters. The molecule has 0 saturated carbocycles. The van der Waals surface area contributed by atoms with Crippen molar-refractivity contribution >= 4 is 50.0 Å². The molecule has 0 aliphatic carbocycles. The van der Waals surface area contributed by atoms with E-state index in [4.69, 9.17) is 16.3 Å². The normalized spacial score (nSPS) is 10.7. The Hall–Kier alpha value is -1.56. The van der Waals surface area contributed by atoms with Crippen molar-refractivity contribution in [3.8, 4) is 5.75 Å². The van der Waals surface area contributed by atoms with E-state index in [0.29, 0.717) is 10.8 Å². The Morgan fingerprint density at radius 2 is 2.10 bits per heavy atom. The van der Waals surface area contributed by atoms with Gasteiger partial charge in [-0.25, -0.2) is 4.98 Å². The largest absolute Gasteiger partial charge is 0.485 e. The fourth-order valence-electron chi connectivity index (χ4n) is 1.72. The van der Waals surface area contributed by atoms with Crippen molar-refractivity contribution in [2.75, 3.05) is 6.61 Å². The number of nitrogens with zero attached hydrogens (tertiary/aromatic N) is 1. The number of carbonyl (C=O) groups is 1. The molecule has 3 nitrogen and oxygen atoms in total. The topological polar surface area (TPSA) is 39.2 Å². The molecule has 21 heavy (non-hydrogen) atoms. The summed E-state index contributed by atoms with van der Waals surface area (Å²) in [6.45, 7) is -0.0130. The van der Waals surface area contributed by atoms with Crippen LogP contribution in [0.1, 0.15) is 0 Å². The van der Waals surface area contributed by atoms with Gasteiger partial charge < -0.3 is 4.74 Å². The molecule has 0 atom stereocenters. The molecule has 0 aliphatic rings. The van der Waals surface area contributed by atoms with Crippen LogP contribution in [0.4, 0.5) is 0 Å². The number of benzene rings is 2. The third-order valence-corrected chi connectivity index (χ3v) is 4.81. The van der Waals surface area contributed by atoms with Gasteiger partial charge in [-0.3, -0.25) is 4.79 Å². The first-order valence-electron chi connectivity index (χ1n) is 6.15. The Morgan fingerprint density at radius 1 is 1.24 bits per heavy atom. The van der Waals surface area contributed by atoms with Gasteiger partial charge in [-0.2, -0.15) is 0 Å². The van der Waals surface area contributed by atoms with Crippen LogP contribution in [0.25, 0.3) is 10.2 Å².